The van der Waals surface area contributed by atoms with E-state index in [1.54, 1.807) is 14.0 Å². The zero-order valence-electron chi connectivity index (χ0n) is 16.7. The zero-order valence-corrected chi connectivity index (χ0v) is 17.5. The highest BCUT2D eigenvalue weighted by Crippen LogP contribution is 2.48. The zero-order chi connectivity index (χ0) is 20.6. The van der Waals surface area contributed by atoms with Crippen LogP contribution in [0.4, 0.5) is 0 Å². The molecular formula is C22H24N2O4S. The van der Waals surface area contributed by atoms with Gasteiger partial charge in [-0.2, -0.15) is 0 Å². The molecule has 0 spiro atoms. The quantitative estimate of drug-likeness (QED) is 0.596. The molecule has 0 unspecified atom stereocenters. The highest BCUT2D eigenvalue weighted by atomic mass is 32.1. The summed E-state index contributed by atoms with van der Waals surface area (Å²) in [5.41, 5.74) is 0.960. The highest BCUT2D eigenvalue weighted by Gasteiger charge is 2.59. The number of hydrogen-bond donors (Lipinski definition) is 1. The molecule has 2 aromatic rings. The van der Waals surface area contributed by atoms with Gasteiger partial charge < -0.3 is 24.4 Å². The SMILES string of the molecule is CCOC(=O)[C@@H]1[C@@H]2NC(=S)N(Cc3ccc(OC)cc3)[C@@]1(C)Oc1ccccc12. The number of nitrogens with zero attached hydrogens (tertiary/aromatic N) is 1. The van der Waals surface area contributed by atoms with Gasteiger partial charge in [0.1, 0.15) is 17.4 Å². The average Bonchev–Trinajstić information content (AvgIpc) is 2.71. The predicted molar refractivity (Wildman–Crippen MR) is 113 cm³/mol. The minimum absolute atomic E-state index is 0.302. The number of fused-ring (bicyclic) bond motifs is 4. The fourth-order valence-corrected chi connectivity index (χ4v) is 4.50. The Balaban J connectivity index is 1.75. The van der Waals surface area contributed by atoms with Crippen LogP contribution in [0.25, 0.3) is 0 Å². The molecule has 2 bridgehead atoms. The Kier molecular flexibility index (Phi) is 5.08. The highest BCUT2D eigenvalue weighted by molar-refractivity contribution is 7.80. The van der Waals surface area contributed by atoms with Gasteiger partial charge in [-0.1, -0.05) is 30.3 Å². The second-order valence-electron chi connectivity index (χ2n) is 7.29. The molecule has 2 heterocycles. The summed E-state index contributed by atoms with van der Waals surface area (Å²) in [5.74, 6) is 0.661. The molecule has 0 aromatic heterocycles. The van der Waals surface area contributed by atoms with E-state index in [9.17, 15) is 4.79 Å². The van der Waals surface area contributed by atoms with E-state index in [0.29, 0.717) is 18.3 Å². The van der Waals surface area contributed by atoms with Gasteiger partial charge in [-0.25, -0.2) is 0 Å². The number of ether oxygens (including phenoxy) is 3. The Bertz CT molecular complexity index is 933. The third-order valence-electron chi connectivity index (χ3n) is 5.58. The van der Waals surface area contributed by atoms with Crippen LogP contribution in [0.2, 0.25) is 0 Å². The van der Waals surface area contributed by atoms with Crippen molar-refractivity contribution in [1.82, 2.24) is 10.2 Å². The number of para-hydroxylation sites is 1. The van der Waals surface area contributed by atoms with E-state index in [1.165, 1.54) is 0 Å². The number of methoxy groups -OCH3 is 1. The van der Waals surface area contributed by atoms with Crippen LogP contribution >= 0.6 is 12.2 Å². The second kappa shape index (κ2) is 7.55. The summed E-state index contributed by atoms with van der Waals surface area (Å²) < 4.78 is 17.1. The minimum Gasteiger partial charge on any atom is -0.497 e. The van der Waals surface area contributed by atoms with Crippen molar-refractivity contribution in [3.63, 3.8) is 0 Å². The van der Waals surface area contributed by atoms with Gasteiger partial charge in [0, 0.05) is 12.1 Å². The lowest BCUT2D eigenvalue weighted by Crippen LogP contribution is -2.70. The van der Waals surface area contributed by atoms with Gasteiger partial charge in [-0.05, 0) is 49.8 Å². The fourth-order valence-electron chi connectivity index (χ4n) is 4.13. The van der Waals surface area contributed by atoms with Crippen molar-refractivity contribution in [1.29, 1.82) is 0 Å². The first kappa shape index (κ1) is 19.5. The fraction of sp³-hybridized carbons (Fsp3) is 0.364. The molecule has 2 aliphatic heterocycles. The van der Waals surface area contributed by atoms with E-state index < -0.39 is 11.6 Å². The number of thiocarbonyl (C=S) groups is 1. The molecule has 0 radical (unpaired) electrons. The number of rotatable bonds is 5. The minimum atomic E-state index is -0.979. The van der Waals surface area contributed by atoms with Gasteiger partial charge in [0.25, 0.3) is 0 Å². The summed E-state index contributed by atoms with van der Waals surface area (Å²) in [6.45, 7) is 4.51. The van der Waals surface area contributed by atoms with Gasteiger partial charge in [-0.15, -0.1) is 0 Å². The van der Waals surface area contributed by atoms with Gasteiger partial charge in [0.05, 0.1) is 19.8 Å². The van der Waals surface area contributed by atoms with E-state index in [1.807, 2.05) is 60.4 Å². The molecule has 2 aliphatic rings. The van der Waals surface area contributed by atoms with E-state index in [-0.39, 0.29) is 12.0 Å². The van der Waals surface area contributed by atoms with Crippen LogP contribution in [0, 0.1) is 5.92 Å². The molecule has 0 saturated carbocycles. The van der Waals surface area contributed by atoms with Gasteiger partial charge in [-0.3, -0.25) is 4.79 Å². The second-order valence-corrected chi connectivity index (χ2v) is 7.67. The van der Waals surface area contributed by atoms with Crippen molar-refractivity contribution in [3.8, 4) is 11.5 Å². The Morgan fingerprint density at radius 1 is 1.24 bits per heavy atom. The van der Waals surface area contributed by atoms with Crippen LogP contribution in [-0.2, 0) is 16.1 Å². The molecule has 4 rings (SSSR count). The lowest BCUT2D eigenvalue weighted by atomic mass is 9.79. The largest absolute Gasteiger partial charge is 0.497 e. The van der Waals surface area contributed by atoms with Crippen LogP contribution in [0.15, 0.2) is 48.5 Å². The molecule has 1 saturated heterocycles. The normalized spacial score (nSPS) is 24.8. The Morgan fingerprint density at radius 2 is 1.97 bits per heavy atom. The van der Waals surface area contributed by atoms with Gasteiger partial charge >= 0.3 is 5.97 Å². The van der Waals surface area contributed by atoms with Crippen molar-refractivity contribution in [2.45, 2.75) is 32.2 Å². The van der Waals surface area contributed by atoms with Crippen molar-refractivity contribution in [3.05, 3.63) is 59.7 Å². The maximum absolute atomic E-state index is 13.0. The first-order valence-corrected chi connectivity index (χ1v) is 10.0. The summed E-state index contributed by atoms with van der Waals surface area (Å²) in [4.78, 5) is 14.9. The molecular weight excluding hydrogens is 388 g/mol. The Hall–Kier alpha value is -2.80. The van der Waals surface area contributed by atoms with Gasteiger partial charge in [0.2, 0.25) is 0 Å². The van der Waals surface area contributed by atoms with E-state index in [0.717, 1.165) is 22.6 Å². The lowest BCUT2D eigenvalue weighted by molar-refractivity contribution is -0.176. The number of benzene rings is 2. The Morgan fingerprint density at radius 3 is 2.66 bits per heavy atom. The van der Waals surface area contributed by atoms with Crippen molar-refractivity contribution < 1.29 is 19.0 Å². The third kappa shape index (κ3) is 3.29. The summed E-state index contributed by atoms with van der Waals surface area (Å²) in [6, 6.07) is 15.2. The standard InChI is InChI=1S/C22H24N2O4S/c1-4-27-20(25)18-19-16-7-5-6-8-17(16)28-22(18,2)24(21(29)23-19)13-14-9-11-15(26-3)12-10-14/h5-12,18-19H,4,13H2,1-3H3,(H,23,29)/t18-,19+,22-/m0/s1. The summed E-state index contributed by atoms with van der Waals surface area (Å²) in [7, 11) is 1.64. The lowest BCUT2D eigenvalue weighted by Gasteiger charge is -2.55. The van der Waals surface area contributed by atoms with Gasteiger partial charge in [0.15, 0.2) is 10.8 Å². The first-order valence-electron chi connectivity index (χ1n) is 9.63. The van der Waals surface area contributed by atoms with Crippen LogP contribution in [0.1, 0.15) is 31.0 Å². The van der Waals surface area contributed by atoms with Crippen LogP contribution in [0.3, 0.4) is 0 Å². The van der Waals surface area contributed by atoms with E-state index >= 15 is 0 Å². The molecule has 7 heteroatoms. The summed E-state index contributed by atoms with van der Waals surface area (Å²) >= 11 is 5.69. The maximum Gasteiger partial charge on any atom is 0.317 e. The van der Waals surface area contributed by atoms with Crippen LogP contribution < -0.4 is 14.8 Å². The summed E-state index contributed by atoms with van der Waals surface area (Å²) in [6.07, 6.45) is 0. The number of hydrogen-bond acceptors (Lipinski definition) is 5. The molecule has 0 aliphatic carbocycles. The Labute approximate surface area is 175 Å². The van der Waals surface area contributed by atoms with Crippen LogP contribution in [0.5, 0.6) is 11.5 Å². The molecule has 29 heavy (non-hydrogen) atoms. The first-order chi connectivity index (χ1) is 14.0. The third-order valence-corrected chi connectivity index (χ3v) is 5.92. The molecule has 152 valence electrons. The molecule has 1 fully saturated rings. The topological polar surface area (TPSA) is 60.0 Å². The maximum atomic E-state index is 13.0. The van der Waals surface area contributed by atoms with E-state index in [4.69, 9.17) is 26.4 Å². The monoisotopic (exact) mass is 412 g/mol. The number of esters is 1. The molecule has 1 N–H and O–H groups in total. The van der Waals surface area contributed by atoms with Crippen molar-refractivity contribution in [2.75, 3.05) is 13.7 Å². The average molecular weight is 413 g/mol. The molecule has 0 amide bonds. The predicted octanol–water partition coefficient (Wildman–Crippen LogP) is 3.41. The molecule has 2 aromatic carbocycles. The van der Waals surface area contributed by atoms with Crippen molar-refractivity contribution >= 4 is 23.3 Å². The number of carbonyl (C=O) groups excluding carboxylic acids is 1. The summed E-state index contributed by atoms with van der Waals surface area (Å²) in [5, 5.41) is 3.91. The number of nitrogens with one attached hydrogen (secondary N) is 1. The van der Waals surface area contributed by atoms with E-state index in [2.05, 4.69) is 5.32 Å². The van der Waals surface area contributed by atoms with Crippen LogP contribution in [-0.4, -0.2) is 35.4 Å². The molecule has 3 atom stereocenters. The number of carbonyl (C=O) groups is 1. The smallest absolute Gasteiger partial charge is 0.317 e. The molecule has 6 nitrogen and oxygen atoms in total. The van der Waals surface area contributed by atoms with Crippen molar-refractivity contribution in [2.24, 2.45) is 5.92 Å².